The molecule has 1 unspecified atom stereocenters. The second kappa shape index (κ2) is 6.91. The predicted molar refractivity (Wildman–Crippen MR) is 68.4 cm³/mol. The number of rotatable bonds is 5. The second-order valence-corrected chi connectivity index (χ2v) is 5.10. The van der Waals surface area contributed by atoms with Gasteiger partial charge in [0.05, 0.1) is 22.6 Å². The lowest BCUT2D eigenvalue weighted by Gasteiger charge is -2.14. The first kappa shape index (κ1) is 16.0. The highest BCUT2D eigenvalue weighted by molar-refractivity contribution is 9.09. The molecule has 1 amide bonds. The Balaban J connectivity index is 2.78. The van der Waals surface area contributed by atoms with Crippen molar-refractivity contribution in [2.24, 2.45) is 0 Å². The van der Waals surface area contributed by atoms with Crippen molar-refractivity contribution in [2.75, 3.05) is 20.3 Å². The molecule has 0 heterocycles. The van der Waals surface area contributed by atoms with E-state index in [2.05, 4.69) is 21.2 Å². The number of ether oxygens (including phenoxy) is 1. The minimum absolute atomic E-state index is 0.153. The van der Waals surface area contributed by atoms with E-state index in [9.17, 15) is 18.0 Å². The van der Waals surface area contributed by atoms with Gasteiger partial charge < -0.3 is 10.1 Å². The van der Waals surface area contributed by atoms with Crippen molar-refractivity contribution in [3.05, 3.63) is 35.4 Å². The van der Waals surface area contributed by atoms with Gasteiger partial charge in [0.25, 0.3) is 5.91 Å². The highest BCUT2D eigenvalue weighted by atomic mass is 79.9. The number of methoxy groups -OCH3 is 1. The molecule has 1 rings (SSSR count). The summed E-state index contributed by atoms with van der Waals surface area (Å²) in [5, 5.41) is 2.43. The second-order valence-electron chi connectivity index (χ2n) is 3.81. The number of hydrogen-bond donors (Lipinski definition) is 1. The molecular formula is C12H13BrF3NO2. The molecule has 0 saturated heterocycles. The number of hydrogen-bond acceptors (Lipinski definition) is 2. The molecule has 0 bridgehead atoms. The number of amides is 1. The van der Waals surface area contributed by atoms with E-state index >= 15 is 0 Å². The molecular weight excluding hydrogens is 327 g/mol. The third-order valence-electron chi connectivity index (χ3n) is 2.31. The summed E-state index contributed by atoms with van der Waals surface area (Å²) in [5.41, 5.74) is -1.32. The summed E-state index contributed by atoms with van der Waals surface area (Å²) in [7, 11) is 1.50. The molecule has 0 aliphatic heterocycles. The van der Waals surface area contributed by atoms with Crippen molar-refractivity contribution in [3.8, 4) is 0 Å². The van der Waals surface area contributed by atoms with E-state index in [1.165, 1.54) is 19.2 Å². The molecule has 3 nitrogen and oxygen atoms in total. The third kappa shape index (κ3) is 4.83. The Hall–Kier alpha value is -1.08. The van der Waals surface area contributed by atoms with Gasteiger partial charge >= 0.3 is 6.18 Å². The van der Waals surface area contributed by atoms with Crippen LogP contribution in [0.1, 0.15) is 15.9 Å². The first-order valence-electron chi connectivity index (χ1n) is 5.43. The van der Waals surface area contributed by atoms with Gasteiger partial charge in [-0.25, -0.2) is 0 Å². The smallest absolute Gasteiger partial charge is 0.383 e. The number of halogens is 4. The molecule has 0 aliphatic carbocycles. The Morgan fingerprint density at radius 1 is 1.42 bits per heavy atom. The fraction of sp³-hybridized carbons (Fsp3) is 0.417. The lowest BCUT2D eigenvalue weighted by Crippen LogP contribution is -2.32. The van der Waals surface area contributed by atoms with Crippen LogP contribution in [0.5, 0.6) is 0 Å². The highest BCUT2D eigenvalue weighted by Gasteiger charge is 2.34. The lowest BCUT2D eigenvalue weighted by molar-refractivity contribution is -0.137. The number of nitrogens with one attached hydrogen (secondary N) is 1. The molecule has 1 aromatic carbocycles. The average Bonchev–Trinajstić information content (AvgIpc) is 2.35. The van der Waals surface area contributed by atoms with Gasteiger partial charge in [-0.2, -0.15) is 13.2 Å². The fourth-order valence-corrected chi connectivity index (χ4v) is 1.89. The summed E-state index contributed by atoms with van der Waals surface area (Å²) in [6, 6.07) is 4.68. The van der Waals surface area contributed by atoms with Gasteiger partial charge in [0.2, 0.25) is 0 Å². The van der Waals surface area contributed by atoms with E-state index in [1.54, 1.807) is 0 Å². The van der Waals surface area contributed by atoms with Gasteiger partial charge in [-0.1, -0.05) is 28.1 Å². The summed E-state index contributed by atoms with van der Waals surface area (Å²) in [6.07, 6.45) is -4.55. The molecule has 1 atom stereocenters. The quantitative estimate of drug-likeness (QED) is 0.837. The van der Waals surface area contributed by atoms with Crippen molar-refractivity contribution >= 4 is 21.8 Å². The Morgan fingerprint density at radius 3 is 2.63 bits per heavy atom. The van der Waals surface area contributed by atoms with Crippen molar-refractivity contribution in [1.82, 2.24) is 5.32 Å². The van der Waals surface area contributed by atoms with Crippen molar-refractivity contribution in [3.63, 3.8) is 0 Å². The SMILES string of the molecule is COCC(Br)CNC(=O)c1ccccc1C(F)(F)F. The molecule has 0 aliphatic rings. The number of carbonyl (C=O) groups is 1. The van der Waals surface area contributed by atoms with Gasteiger partial charge in [0.1, 0.15) is 0 Å². The molecule has 0 fully saturated rings. The van der Waals surface area contributed by atoms with E-state index in [1.807, 2.05) is 0 Å². The molecule has 1 N–H and O–H groups in total. The van der Waals surface area contributed by atoms with Crippen molar-refractivity contribution in [1.29, 1.82) is 0 Å². The molecule has 0 radical (unpaired) electrons. The molecule has 1 aromatic rings. The fourth-order valence-electron chi connectivity index (χ4n) is 1.47. The summed E-state index contributed by atoms with van der Waals surface area (Å²) >= 11 is 3.24. The first-order valence-corrected chi connectivity index (χ1v) is 6.35. The van der Waals surface area contributed by atoms with Crippen LogP contribution in [-0.4, -0.2) is 31.0 Å². The van der Waals surface area contributed by atoms with E-state index in [0.717, 1.165) is 12.1 Å². The van der Waals surface area contributed by atoms with Crippen LogP contribution >= 0.6 is 15.9 Å². The molecule has 19 heavy (non-hydrogen) atoms. The van der Waals surface area contributed by atoms with Crippen LogP contribution in [0, 0.1) is 0 Å². The van der Waals surface area contributed by atoms with Crippen LogP contribution in [0.25, 0.3) is 0 Å². The lowest BCUT2D eigenvalue weighted by atomic mass is 10.1. The summed E-state index contributed by atoms with van der Waals surface area (Å²) < 4.78 is 43.0. The maximum absolute atomic E-state index is 12.7. The minimum Gasteiger partial charge on any atom is -0.383 e. The van der Waals surface area contributed by atoms with Gasteiger partial charge in [-0.15, -0.1) is 0 Å². The summed E-state index contributed by atoms with van der Waals surface area (Å²) in [4.78, 5) is 11.6. The largest absolute Gasteiger partial charge is 0.417 e. The van der Waals surface area contributed by atoms with Crippen LogP contribution < -0.4 is 5.32 Å². The molecule has 0 aromatic heterocycles. The average molecular weight is 340 g/mol. The zero-order valence-corrected chi connectivity index (χ0v) is 11.7. The Labute approximate surface area is 117 Å². The van der Waals surface area contributed by atoms with E-state index < -0.39 is 17.6 Å². The normalized spacial score (nSPS) is 13.1. The topological polar surface area (TPSA) is 38.3 Å². The van der Waals surface area contributed by atoms with Crippen LogP contribution in [0.3, 0.4) is 0 Å². The zero-order valence-electron chi connectivity index (χ0n) is 10.1. The maximum atomic E-state index is 12.7. The Bertz CT molecular complexity index is 437. The third-order valence-corrected chi connectivity index (χ3v) is 2.90. The zero-order chi connectivity index (χ0) is 14.5. The van der Waals surface area contributed by atoms with Gasteiger partial charge in [0.15, 0.2) is 0 Å². The minimum atomic E-state index is -4.55. The van der Waals surface area contributed by atoms with Crippen LogP contribution in [0.15, 0.2) is 24.3 Å². The van der Waals surface area contributed by atoms with Gasteiger partial charge in [-0.05, 0) is 12.1 Å². The molecule has 0 saturated carbocycles. The van der Waals surface area contributed by atoms with E-state index in [4.69, 9.17) is 4.74 Å². The van der Waals surface area contributed by atoms with Gasteiger partial charge in [-0.3, -0.25) is 4.79 Å². The predicted octanol–water partition coefficient (Wildman–Crippen LogP) is 2.85. The van der Waals surface area contributed by atoms with Crippen LogP contribution in [-0.2, 0) is 10.9 Å². The van der Waals surface area contributed by atoms with Crippen LogP contribution in [0.4, 0.5) is 13.2 Å². The maximum Gasteiger partial charge on any atom is 0.417 e. The molecule has 106 valence electrons. The highest BCUT2D eigenvalue weighted by Crippen LogP contribution is 2.31. The standard InChI is InChI=1S/C12H13BrF3NO2/c1-19-7-8(13)6-17-11(18)9-4-2-3-5-10(9)12(14,15)16/h2-5,8H,6-7H2,1H3,(H,17,18). The monoisotopic (exact) mass is 339 g/mol. The van der Waals surface area contributed by atoms with Gasteiger partial charge in [0, 0.05) is 13.7 Å². The number of alkyl halides is 4. The summed E-state index contributed by atoms with van der Waals surface area (Å²) in [5.74, 6) is -0.756. The van der Waals surface area contributed by atoms with Crippen molar-refractivity contribution < 1.29 is 22.7 Å². The molecule has 7 heteroatoms. The van der Waals surface area contributed by atoms with Crippen molar-refractivity contribution in [2.45, 2.75) is 11.0 Å². The van der Waals surface area contributed by atoms with E-state index in [0.29, 0.717) is 6.61 Å². The van der Waals surface area contributed by atoms with E-state index in [-0.39, 0.29) is 16.9 Å². The number of benzene rings is 1. The Kier molecular flexibility index (Phi) is 5.81. The molecule has 0 spiro atoms. The summed E-state index contributed by atoms with van der Waals surface area (Å²) in [6.45, 7) is 0.528. The van der Waals surface area contributed by atoms with Crippen LogP contribution in [0.2, 0.25) is 0 Å². The number of carbonyl (C=O) groups excluding carboxylic acids is 1. The first-order chi connectivity index (χ1) is 8.86. The Morgan fingerprint density at radius 2 is 2.05 bits per heavy atom.